The third-order valence-corrected chi connectivity index (χ3v) is 5.54. The zero-order valence-corrected chi connectivity index (χ0v) is 15.6. The highest BCUT2D eigenvalue weighted by Gasteiger charge is 2.37. The summed E-state index contributed by atoms with van der Waals surface area (Å²) in [4.78, 5) is 38.1. The quantitative estimate of drug-likeness (QED) is 0.784. The Kier molecular flexibility index (Phi) is 6.54. The largest absolute Gasteiger partial charge is 0.456 e. The van der Waals surface area contributed by atoms with E-state index in [0.29, 0.717) is 11.6 Å². The molecule has 2 rings (SSSR count). The number of ketones is 1. The number of nitrogens with zero attached hydrogens (tertiary/aromatic N) is 1. The monoisotopic (exact) mass is 356 g/mol. The van der Waals surface area contributed by atoms with E-state index in [2.05, 4.69) is 5.32 Å². The van der Waals surface area contributed by atoms with Crippen molar-refractivity contribution in [1.82, 2.24) is 10.2 Å². The summed E-state index contributed by atoms with van der Waals surface area (Å²) in [6, 6.07) is -0.599. The molecule has 0 aromatic heterocycles. The van der Waals surface area contributed by atoms with Gasteiger partial charge in [0.15, 0.2) is 12.4 Å². The number of Topliss-reactive ketones (excluding diaryl/α,β-unsaturated/α-hetero) is 1. The third-order valence-electron chi connectivity index (χ3n) is 4.53. The fraction of sp³-hybridized carbons (Fsp3) is 0.824. The van der Waals surface area contributed by atoms with Gasteiger partial charge in [-0.2, -0.15) is 0 Å². The summed E-state index contributed by atoms with van der Waals surface area (Å²) in [5.41, 5.74) is -0.539. The Hall–Kier alpha value is -1.24. The molecule has 0 spiro atoms. The van der Waals surface area contributed by atoms with Crippen LogP contribution in [0.4, 0.5) is 4.79 Å². The molecule has 6 nitrogen and oxygen atoms in total. The lowest BCUT2D eigenvalue weighted by Gasteiger charge is -2.28. The minimum atomic E-state index is -0.605. The molecule has 1 N–H and O–H groups in total. The molecule has 24 heavy (non-hydrogen) atoms. The Morgan fingerprint density at radius 3 is 2.46 bits per heavy atom. The molecular formula is C17H28N2O4S. The first-order valence-corrected chi connectivity index (χ1v) is 9.79. The van der Waals surface area contributed by atoms with E-state index in [0.717, 1.165) is 25.7 Å². The molecule has 1 atom stereocenters. The molecule has 2 aliphatic rings. The average molecular weight is 356 g/mol. The number of urea groups is 1. The number of carbonyl (C=O) groups excluding carboxylic acids is 3. The standard InChI is InChI=1S/C17H28N2O4S/c1-17(2,3)14(20)9-23-15(21)13-10-24-11-19(13)16(22)18-12-7-5-4-6-8-12/h12-13H,4-11H2,1-3H3,(H,18,22). The summed E-state index contributed by atoms with van der Waals surface area (Å²) in [7, 11) is 0. The smallest absolute Gasteiger partial charge is 0.330 e. The maximum Gasteiger partial charge on any atom is 0.330 e. The van der Waals surface area contributed by atoms with Crippen LogP contribution < -0.4 is 5.32 Å². The molecule has 7 heteroatoms. The third kappa shape index (κ3) is 5.13. The maximum absolute atomic E-state index is 12.5. The second-order valence-electron chi connectivity index (χ2n) is 7.55. The first kappa shape index (κ1) is 19.1. The van der Waals surface area contributed by atoms with Crippen molar-refractivity contribution < 1.29 is 19.1 Å². The highest BCUT2D eigenvalue weighted by Crippen LogP contribution is 2.24. The molecule has 2 amide bonds. The number of hydrogen-bond acceptors (Lipinski definition) is 5. The van der Waals surface area contributed by atoms with Gasteiger partial charge in [0.1, 0.15) is 6.04 Å². The van der Waals surface area contributed by atoms with Gasteiger partial charge in [-0.05, 0) is 12.8 Å². The summed E-state index contributed by atoms with van der Waals surface area (Å²) >= 11 is 1.53. The molecule has 1 unspecified atom stereocenters. The maximum atomic E-state index is 12.5. The number of hydrogen-bond donors (Lipinski definition) is 1. The molecule has 1 heterocycles. The molecule has 1 saturated carbocycles. The van der Waals surface area contributed by atoms with E-state index >= 15 is 0 Å². The van der Waals surface area contributed by atoms with E-state index < -0.39 is 17.4 Å². The SMILES string of the molecule is CC(C)(C)C(=O)COC(=O)C1CSCN1C(=O)NC1CCCCC1. The fourth-order valence-electron chi connectivity index (χ4n) is 2.79. The van der Waals surface area contributed by atoms with Crippen LogP contribution in [0, 0.1) is 5.41 Å². The zero-order chi connectivity index (χ0) is 17.7. The Bertz CT molecular complexity index is 483. The first-order valence-electron chi connectivity index (χ1n) is 8.64. The van der Waals surface area contributed by atoms with Crippen LogP contribution in [0.2, 0.25) is 0 Å². The van der Waals surface area contributed by atoms with E-state index in [9.17, 15) is 14.4 Å². The van der Waals surface area contributed by atoms with Gasteiger partial charge >= 0.3 is 12.0 Å². The van der Waals surface area contributed by atoms with Gasteiger partial charge in [0.05, 0.1) is 5.88 Å². The van der Waals surface area contributed by atoms with Crippen molar-refractivity contribution in [1.29, 1.82) is 0 Å². The van der Waals surface area contributed by atoms with Crippen LogP contribution in [0.3, 0.4) is 0 Å². The van der Waals surface area contributed by atoms with Crippen molar-refractivity contribution in [3.63, 3.8) is 0 Å². The summed E-state index contributed by atoms with van der Waals surface area (Å²) in [6.07, 6.45) is 5.51. The molecule has 2 fully saturated rings. The number of nitrogens with one attached hydrogen (secondary N) is 1. The number of esters is 1. The van der Waals surface area contributed by atoms with Crippen LogP contribution in [0.5, 0.6) is 0 Å². The minimum Gasteiger partial charge on any atom is -0.456 e. The molecule has 136 valence electrons. The zero-order valence-electron chi connectivity index (χ0n) is 14.8. The summed E-state index contributed by atoms with van der Waals surface area (Å²) in [5, 5.41) is 3.03. The number of ether oxygens (including phenoxy) is 1. The summed E-state index contributed by atoms with van der Waals surface area (Å²) in [5.74, 6) is 0.378. The second kappa shape index (κ2) is 8.23. The predicted octanol–water partition coefficient (Wildman–Crippen LogP) is 2.56. The van der Waals surface area contributed by atoms with E-state index in [1.165, 1.54) is 23.1 Å². The number of carbonyl (C=O) groups is 3. The Morgan fingerprint density at radius 2 is 1.83 bits per heavy atom. The number of amides is 2. The lowest BCUT2D eigenvalue weighted by atomic mass is 9.91. The Labute approximate surface area is 148 Å². The van der Waals surface area contributed by atoms with E-state index in [4.69, 9.17) is 4.74 Å². The first-order chi connectivity index (χ1) is 11.3. The van der Waals surface area contributed by atoms with Gasteiger partial charge in [-0.25, -0.2) is 9.59 Å². The van der Waals surface area contributed by atoms with Gasteiger partial charge in [0.2, 0.25) is 0 Å². The lowest BCUT2D eigenvalue weighted by molar-refractivity contribution is -0.153. The molecule has 0 radical (unpaired) electrons. The van der Waals surface area contributed by atoms with Crippen LogP contribution in [0.25, 0.3) is 0 Å². The van der Waals surface area contributed by atoms with Crippen LogP contribution >= 0.6 is 11.8 Å². The van der Waals surface area contributed by atoms with Crippen molar-refractivity contribution in [2.45, 2.75) is 65.0 Å². The molecule has 1 aliphatic heterocycles. The Morgan fingerprint density at radius 1 is 1.17 bits per heavy atom. The van der Waals surface area contributed by atoms with Gasteiger partial charge in [-0.15, -0.1) is 11.8 Å². The van der Waals surface area contributed by atoms with E-state index in [-0.39, 0.29) is 24.5 Å². The van der Waals surface area contributed by atoms with Crippen LogP contribution in [0.15, 0.2) is 0 Å². The van der Waals surface area contributed by atoms with Gasteiger partial charge in [0.25, 0.3) is 0 Å². The van der Waals surface area contributed by atoms with Crippen LogP contribution in [-0.2, 0) is 14.3 Å². The lowest BCUT2D eigenvalue weighted by Crippen LogP contribution is -2.50. The van der Waals surface area contributed by atoms with E-state index in [1.807, 2.05) is 0 Å². The molecule has 0 aromatic rings. The van der Waals surface area contributed by atoms with Gasteiger partial charge in [-0.1, -0.05) is 40.0 Å². The molecule has 0 aromatic carbocycles. The molecule has 1 aliphatic carbocycles. The Balaban J connectivity index is 1.85. The van der Waals surface area contributed by atoms with Crippen molar-refractivity contribution in [2.75, 3.05) is 18.2 Å². The van der Waals surface area contributed by atoms with Gasteiger partial charge in [-0.3, -0.25) is 4.79 Å². The topological polar surface area (TPSA) is 75.7 Å². The normalized spacial score (nSPS) is 22.3. The summed E-state index contributed by atoms with van der Waals surface area (Å²) < 4.78 is 5.16. The predicted molar refractivity (Wildman–Crippen MR) is 93.8 cm³/mol. The average Bonchev–Trinajstić information content (AvgIpc) is 3.02. The fourth-order valence-corrected chi connectivity index (χ4v) is 3.93. The van der Waals surface area contributed by atoms with Crippen molar-refractivity contribution in [2.24, 2.45) is 5.41 Å². The van der Waals surface area contributed by atoms with Crippen LogP contribution in [0.1, 0.15) is 52.9 Å². The number of thioether (sulfide) groups is 1. The van der Waals surface area contributed by atoms with Gasteiger partial charge in [0, 0.05) is 17.2 Å². The minimum absolute atomic E-state index is 0.125. The van der Waals surface area contributed by atoms with Crippen molar-refractivity contribution >= 4 is 29.5 Å². The molecule has 0 bridgehead atoms. The molecular weight excluding hydrogens is 328 g/mol. The number of rotatable bonds is 4. The highest BCUT2D eigenvalue weighted by molar-refractivity contribution is 7.99. The van der Waals surface area contributed by atoms with E-state index in [1.54, 1.807) is 20.8 Å². The van der Waals surface area contributed by atoms with Crippen molar-refractivity contribution in [3.05, 3.63) is 0 Å². The molecule has 1 saturated heterocycles. The van der Waals surface area contributed by atoms with Crippen molar-refractivity contribution in [3.8, 4) is 0 Å². The van der Waals surface area contributed by atoms with Crippen LogP contribution in [-0.4, -0.2) is 53.0 Å². The second-order valence-corrected chi connectivity index (χ2v) is 8.55. The highest BCUT2D eigenvalue weighted by atomic mass is 32.2. The summed E-state index contributed by atoms with van der Waals surface area (Å²) in [6.45, 7) is 5.14. The van der Waals surface area contributed by atoms with Gasteiger partial charge < -0.3 is 15.0 Å².